The Labute approximate surface area is 109 Å². The number of rotatable bonds is 5. The van der Waals surface area contributed by atoms with Gasteiger partial charge in [0, 0.05) is 5.69 Å². The molecular formula is C15H22N2O. The van der Waals surface area contributed by atoms with Gasteiger partial charge < -0.3 is 10.6 Å². The number of hydrogen-bond acceptors (Lipinski definition) is 2. The van der Waals surface area contributed by atoms with E-state index in [0.29, 0.717) is 5.92 Å². The fraction of sp³-hybridized carbons (Fsp3) is 0.533. The first-order chi connectivity index (χ1) is 8.76. The molecule has 0 saturated carbocycles. The zero-order valence-electron chi connectivity index (χ0n) is 11.2. The van der Waals surface area contributed by atoms with E-state index in [1.807, 2.05) is 24.3 Å². The number of benzene rings is 1. The van der Waals surface area contributed by atoms with Gasteiger partial charge in [-0.3, -0.25) is 4.79 Å². The van der Waals surface area contributed by atoms with Crippen LogP contribution in [0, 0.1) is 5.92 Å². The highest BCUT2D eigenvalue weighted by Crippen LogP contribution is 2.25. The van der Waals surface area contributed by atoms with Crippen molar-refractivity contribution in [3.63, 3.8) is 0 Å². The van der Waals surface area contributed by atoms with Crippen LogP contribution >= 0.6 is 0 Å². The van der Waals surface area contributed by atoms with Crippen molar-refractivity contribution in [1.29, 1.82) is 0 Å². The van der Waals surface area contributed by atoms with Gasteiger partial charge in [0.25, 0.3) is 5.91 Å². The maximum Gasteiger partial charge on any atom is 0.254 e. The molecule has 0 fully saturated rings. The van der Waals surface area contributed by atoms with Crippen molar-refractivity contribution in [2.45, 2.75) is 45.7 Å². The summed E-state index contributed by atoms with van der Waals surface area (Å²) in [6.07, 6.45) is 4.73. The van der Waals surface area contributed by atoms with E-state index in [0.717, 1.165) is 24.1 Å². The summed E-state index contributed by atoms with van der Waals surface area (Å²) < 4.78 is 0. The Morgan fingerprint density at radius 1 is 1.22 bits per heavy atom. The molecule has 1 unspecified atom stereocenters. The van der Waals surface area contributed by atoms with Gasteiger partial charge in [0.05, 0.1) is 5.56 Å². The standard InChI is InChI=1S/C15H22N2O/c1-3-5-8-11(4-2)14-16-13-10-7-6-9-12(13)15(18)17-14/h6-7,9-11,14,16H,3-5,8H2,1-2H3,(H,17,18)/t11?,14-/m1/s1. The van der Waals surface area contributed by atoms with Crippen molar-refractivity contribution in [1.82, 2.24) is 5.32 Å². The highest BCUT2D eigenvalue weighted by molar-refractivity contribution is 6.01. The fourth-order valence-electron chi connectivity index (χ4n) is 2.54. The Morgan fingerprint density at radius 3 is 2.72 bits per heavy atom. The lowest BCUT2D eigenvalue weighted by molar-refractivity contribution is 0.0919. The first-order valence-corrected chi connectivity index (χ1v) is 6.92. The third kappa shape index (κ3) is 2.66. The van der Waals surface area contributed by atoms with Gasteiger partial charge >= 0.3 is 0 Å². The maximum atomic E-state index is 12.0. The van der Waals surface area contributed by atoms with Crippen molar-refractivity contribution < 1.29 is 4.79 Å². The van der Waals surface area contributed by atoms with E-state index in [-0.39, 0.29) is 12.1 Å². The average molecular weight is 246 g/mol. The lowest BCUT2D eigenvalue weighted by atomic mass is 9.94. The van der Waals surface area contributed by atoms with Gasteiger partial charge in [0.2, 0.25) is 0 Å². The Bertz CT molecular complexity index is 417. The maximum absolute atomic E-state index is 12.0. The highest BCUT2D eigenvalue weighted by Gasteiger charge is 2.27. The molecule has 3 nitrogen and oxygen atoms in total. The largest absolute Gasteiger partial charge is 0.364 e. The number of para-hydroxylation sites is 1. The number of carbonyl (C=O) groups is 1. The second-order valence-corrected chi connectivity index (χ2v) is 4.95. The number of amides is 1. The number of hydrogen-bond donors (Lipinski definition) is 2. The normalized spacial score (nSPS) is 19.7. The minimum absolute atomic E-state index is 0.0456. The van der Waals surface area contributed by atoms with Crippen LogP contribution in [0.15, 0.2) is 24.3 Å². The van der Waals surface area contributed by atoms with Crippen molar-refractivity contribution in [3.05, 3.63) is 29.8 Å². The molecule has 2 N–H and O–H groups in total. The molecular weight excluding hydrogens is 224 g/mol. The average Bonchev–Trinajstić information content (AvgIpc) is 2.40. The van der Waals surface area contributed by atoms with Crippen LogP contribution < -0.4 is 10.6 Å². The molecule has 0 spiro atoms. The predicted molar refractivity (Wildman–Crippen MR) is 74.6 cm³/mol. The molecule has 1 amide bonds. The van der Waals surface area contributed by atoms with Crippen LogP contribution in [0.3, 0.4) is 0 Å². The van der Waals surface area contributed by atoms with Crippen LogP contribution in [0.2, 0.25) is 0 Å². The molecule has 0 aliphatic carbocycles. The van der Waals surface area contributed by atoms with E-state index in [2.05, 4.69) is 24.5 Å². The van der Waals surface area contributed by atoms with Crippen molar-refractivity contribution in [2.75, 3.05) is 5.32 Å². The summed E-state index contributed by atoms with van der Waals surface area (Å²) in [6.45, 7) is 4.39. The Kier molecular flexibility index (Phi) is 4.24. The smallest absolute Gasteiger partial charge is 0.254 e. The number of carbonyl (C=O) groups excluding carboxylic acids is 1. The second-order valence-electron chi connectivity index (χ2n) is 4.95. The van der Waals surface area contributed by atoms with Gasteiger partial charge in [-0.15, -0.1) is 0 Å². The quantitative estimate of drug-likeness (QED) is 0.836. The topological polar surface area (TPSA) is 41.1 Å². The highest BCUT2D eigenvalue weighted by atomic mass is 16.2. The first kappa shape index (κ1) is 12.9. The molecule has 18 heavy (non-hydrogen) atoms. The molecule has 1 aromatic rings. The summed E-state index contributed by atoms with van der Waals surface area (Å²) in [7, 11) is 0. The third-order valence-corrected chi connectivity index (χ3v) is 3.69. The molecule has 1 aromatic carbocycles. The van der Waals surface area contributed by atoms with E-state index in [9.17, 15) is 4.79 Å². The monoisotopic (exact) mass is 246 g/mol. The van der Waals surface area contributed by atoms with Gasteiger partial charge in [-0.1, -0.05) is 38.8 Å². The SMILES string of the molecule is CCCCC(CC)[C@H]1NC(=O)c2ccccc2N1. The zero-order valence-corrected chi connectivity index (χ0v) is 11.2. The van der Waals surface area contributed by atoms with Crippen LogP contribution in [0.4, 0.5) is 5.69 Å². The molecule has 1 aliphatic rings. The summed E-state index contributed by atoms with van der Waals surface area (Å²) >= 11 is 0. The van der Waals surface area contributed by atoms with Crippen LogP contribution in [0.5, 0.6) is 0 Å². The number of fused-ring (bicyclic) bond motifs is 1. The molecule has 98 valence electrons. The Morgan fingerprint density at radius 2 is 2.00 bits per heavy atom. The van der Waals surface area contributed by atoms with Crippen molar-refractivity contribution >= 4 is 11.6 Å². The lowest BCUT2D eigenvalue weighted by Gasteiger charge is -2.33. The van der Waals surface area contributed by atoms with Gasteiger partial charge in [-0.05, 0) is 30.9 Å². The van der Waals surface area contributed by atoms with Gasteiger partial charge in [0.1, 0.15) is 6.17 Å². The summed E-state index contributed by atoms with van der Waals surface area (Å²) in [5, 5.41) is 6.54. The zero-order chi connectivity index (χ0) is 13.0. The van der Waals surface area contributed by atoms with Crippen LogP contribution in [-0.4, -0.2) is 12.1 Å². The molecule has 1 heterocycles. The van der Waals surface area contributed by atoms with Crippen LogP contribution in [0.1, 0.15) is 49.9 Å². The number of anilines is 1. The molecule has 1 aliphatic heterocycles. The molecule has 0 radical (unpaired) electrons. The fourth-order valence-corrected chi connectivity index (χ4v) is 2.54. The minimum atomic E-state index is 0.0456. The van der Waals surface area contributed by atoms with E-state index in [1.165, 1.54) is 12.8 Å². The van der Waals surface area contributed by atoms with Crippen LogP contribution in [-0.2, 0) is 0 Å². The molecule has 0 bridgehead atoms. The van der Waals surface area contributed by atoms with Gasteiger partial charge in [0.15, 0.2) is 0 Å². The molecule has 3 heteroatoms. The second kappa shape index (κ2) is 5.89. The van der Waals surface area contributed by atoms with Crippen LogP contribution in [0.25, 0.3) is 0 Å². The first-order valence-electron chi connectivity index (χ1n) is 6.92. The lowest BCUT2D eigenvalue weighted by Crippen LogP contribution is -2.49. The Hall–Kier alpha value is -1.51. The summed E-state index contributed by atoms with van der Waals surface area (Å²) in [5.41, 5.74) is 1.71. The summed E-state index contributed by atoms with van der Waals surface area (Å²) in [5.74, 6) is 0.548. The number of unbranched alkanes of at least 4 members (excludes halogenated alkanes) is 1. The van der Waals surface area contributed by atoms with E-state index >= 15 is 0 Å². The van der Waals surface area contributed by atoms with Crippen molar-refractivity contribution in [3.8, 4) is 0 Å². The van der Waals surface area contributed by atoms with Gasteiger partial charge in [-0.2, -0.15) is 0 Å². The molecule has 0 saturated heterocycles. The number of nitrogens with one attached hydrogen (secondary N) is 2. The van der Waals surface area contributed by atoms with Gasteiger partial charge in [-0.25, -0.2) is 0 Å². The Balaban J connectivity index is 2.11. The molecule has 2 rings (SSSR count). The van der Waals surface area contributed by atoms with Crippen molar-refractivity contribution in [2.24, 2.45) is 5.92 Å². The van der Waals surface area contributed by atoms with E-state index < -0.39 is 0 Å². The van der Waals surface area contributed by atoms with E-state index in [1.54, 1.807) is 0 Å². The predicted octanol–water partition coefficient (Wildman–Crippen LogP) is 3.38. The molecule has 0 aromatic heterocycles. The summed E-state index contributed by atoms with van der Waals surface area (Å²) in [6, 6.07) is 7.71. The molecule has 2 atom stereocenters. The van der Waals surface area contributed by atoms with E-state index in [4.69, 9.17) is 0 Å². The third-order valence-electron chi connectivity index (χ3n) is 3.69. The summed E-state index contributed by atoms with van der Waals surface area (Å²) in [4.78, 5) is 12.0. The minimum Gasteiger partial charge on any atom is -0.364 e.